The molecule has 4 heterocycles. The van der Waals surface area contributed by atoms with Gasteiger partial charge in [0.2, 0.25) is 0 Å². The van der Waals surface area contributed by atoms with Gasteiger partial charge < -0.3 is 51.5 Å². The molecule has 15 heteroatoms. The third-order valence-electron chi connectivity index (χ3n) is 13.4. The number of aromatic nitrogens is 2. The lowest BCUT2D eigenvalue weighted by Crippen LogP contribution is -2.50. The van der Waals surface area contributed by atoms with E-state index in [1.165, 1.54) is 5.56 Å². The summed E-state index contributed by atoms with van der Waals surface area (Å²) in [6, 6.07) is 16.1. The number of rotatable bonds is 13. The number of nitrogens with one attached hydrogen (secondary N) is 1. The Morgan fingerprint density at radius 1 is 0.985 bits per heavy atom. The molecule has 2 aliphatic heterocycles. The number of morpholine rings is 1. The van der Waals surface area contributed by atoms with Crippen molar-refractivity contribution in [3.05, 3.63) is 112 Å². The van der Waals surface area contributed by atoms with Crippen LogP contribution in [0.1, 0.15) is 96.3 Å². The summed E-state index contributed by atoms with van der Waals surface area (Å²) in [4.78, 5) is 51.0. The van der Waals surface area contributed by atoms with Gasteiger partial charge in [-0.25, -0.2) is 9.78 Å². The third kappa shape index (κ3) is 11.1. The van der Waals surface area contributed by atoms with Gasteiger partial charge in [-0.1, -0.05) is 43.3 Å². The molecule has 0 spiro atoms. The summed E-state index contributed by atoms with van der Waals surface area (Å²) in [5.41, 5.74) is 27.8. The molecule has 3 fully saturated rings. The predicted molar refractivity (Wildman–Crippen MR) is 258 cm³/mol. The molecular weight excluding hydrogens is 821 g/mol. The van der Waals surface area contributed by atoms with Crippen LogP contribution in [0.3, 0.4) is 0 Å². The van der Waals surface area contributed by atoms with E-state index in [9.17, 15) is 14.4 Å². The largest absolute Gasteiger partial charge is 0.400 e. The van der Waals surface area contributed by atoms with E-state index in [-0.39, 0.29) is 36.3 Å². The van der Waals surface area contributed by atoms with Crippen molar-refractivity contribution < 1.29 is 24.2 Å². The van der Waals surface area contributed by atoms with Crippen molar-refractivity contribution in [2.24, 2.45) is 23.1 Å². The minimum Gasteiger partial charge on any atom is -0.400 e. The van der Waals surface area contributed by atoms with Crippen LogP contribution in [-0.4, -0.2) is 120 Å². The number of pyridine rings is 1. The van der Waals surface area contributed by atoms with Gasteiger partial charge in [0.05, 0.1) is 24.2 Å². The van der Waals surface area contributed by atoms with Gasteiger partial charge in [0.1, 0.15) is 23.9 Å². The number of ether oxygens (including phenoxy) is 1. The third-order valence-corrected chi connectivity index (χ3v) is 13.4. The van der Waals surface area contributed by atoms with E-state index in [0.29, 0.717) is 61.8 Å². The first-order valence-corrected chi connectivity index (χ1v) is 23.1. The molecule has 4 aromatic rings. The van der Waals surface area contributed by atoms with Crippen LogP contribution >= 0.6 is 0 Å². The van der Waals surface area contributed by atoms with Gasteiger partial charge in [-0.05, 0) is 105 Å². The fourth-order valence-electron chi connectivity index (χ4n) is 9.72. The number of aliphatic hydroxyl groups excluding tert-OH is 1. The number of aryl methyl sites for hydroxylation is 3. The molecule has 1 aliphatic carbocycles. The molecule has 2 atom stereocenters. The van der Waals surface area contributed by atoms with E-state index < -0.39 is 0 Å². The first-order chi connectivity index (χ1) is 31.4. The number of aldehydes is 1. The summed E-state index contributed by atoms with van der Waals surface area (Å²) in [6.45, 7) is 13.8. The Labute approximate surface area is 384 Å². The Balaban J connectivity index is 0.00000345. The lowest BCUT2D eigenvalue weighted by Gasteiger charge is -2.41. The van der Waals surface area contributed by atoms with Crippen LogP contribution in [0, 0.1) is 19.8 Å². The standard InChI is InChI=1S/C49H66N10O4.CH4O/c1-6-36-29-59(47-42(36)25-39(27-54-47)57(17-10-22-60)49(62)53-5)38-15-13-35(14-16-38)28-55-18-20-56(21-19-55)48(61)41-24-32(2)40(23-33(41)3)45-30-58(34(4)31-63-45)44(46(51)52)26-43(50)37-11-8-7-9-12-37;1-2/h7-9,11-12,22-27,29,34-35,38,45H,6,10,13-21,28,30-31,50-52H2,1-5H3,(H,53,62);2H,1H3/b43-26-;. The van der Waals surface area contributed by atoms with Gasteiger partial charge >= 0.3 is 6.03 Å². The Kier molecular flexibility index (Phi) is 16.7. The first kappa shape index (κ1) is 48.6. The number of allylic oxidation sites excluding steroid dienone is 1. The van der Waals surface area contributed by atoms with Crippen molar-refractivity contribution >= 4 is 40.6 Å². The Hall–Kier alpha value is -5.90. The van der Waals surface area contributed by atoms with E-state index in [4.69, 9.17) is 32.0 Å². The molecule has 2 saturated heterocycles. The molecular formula is C50H70N10O5. The predicted octanol–water partition coefficient (Wildman–Crippen LogP) is 5.60. The molecule has 2 aromatic carbocycles. The number of carbonyl (C=O) groups is 3. The number of anilines is 1. The number of amides is 3. The lowest BCUT2D eigenvalue weighted by atomic mass is 9.85. The molecule has 350 valence electrons. The van der Waals surface area contributed by atoms with Gasteiger partial charge in [0.25, 0.3) is 5.91 Å². The first-order valence-electron chi connectivity index (χ1n) is 23.1. The number of aliphatic hydroxyl groups is 1. The van der Waals surface area contributed by atoms with Crippen LogP contribution in [0.5, 0.6) is 0 Å². The second-order valence-electron chi connectivity index (χ2n) is 17.6. The Morgan fingerprint density at radius 2 is 1.69 bits per heavy atom. The number of benzene rings is 2. The number of nitrogens with two attached hydrogens (primary N) is 3. The van der Waals surface area contributed by atoms with Crippen LogP contribution in [0.4, 0.5) is 10.5 Å². The zero-order valence-corrected chi connectivity index (χ0v) is 39.1. The monoisotopic (exact) mass is 891 g/mol. The maximum Gasteiger partial charge on any atom is 0.321 e. The summed E-state index contributed by atoms with van der Waals surface area (Å²) in [5.74, 6) is 0.891. The van der Waals surface area contributed by atoms with Crippen LogP contribution in [-0.2, 0) is 16.0 Å². The van der Waals surface area contributed by atoms with Gasteiger partial charge in [0.15, 0.2) is 0 Å². The van der Waals surface area contributed by atoms with Crippen molar-refractivity contribution in [2.45, 2.75) is 84.4 Å². The molecule has 7 rings (SSSR count). The maximum atomic E-state index is 14.0. The summed E-state index contributed by atoms with van der Waals surface area (Å²) < 4.78 is 8.77. The molecule has 15 nitrogen and oxygen atoms in total. The quantitative estimate of drug-likeness (QED) is 0.0827. The molecule has 65 heavy (non-hydrogen) atoms. The van der Waals surface area contributed by atoms with Crippen LogP contribution in [0.2, 0.25) is 0 Å². The van der Waals surface area contributed by atoms with E-state index in [0.717, 1.165) is 104 Å². The number of carbonyl (C=O) groups excluding carboxylic acids is 3. The highest BCUT2D eigenvalue weighted by Crippen LogP contribution is 2.37. The van der Waals surface area contributed by atoms with Crippen molar-refractivity contribution in [3.8, 4) is 0 Å². The number of urea groups is 1. The number of hydrogen-bond donors (Lipinski definition) is 5. The average molecular weight is 891 g/mol. The molecule has 8 N–H and O–H groups in total. The van der Waals surface area contributed by atoms with Crippen molar-refractivity contribution in [1.29, 1.82) is 0 Å². The van der Waals surface area contributed by atoms with Crippen molar-refractivity contribution in [3.63, 3.8) is 0 Å². The lowest BCUT2D eigenvalue weighted by molar-refractivity contribution is -0.107. The number of fused-ring (bicyclic) bond motifs is 1. The Morgan fingerprint density at radius 3 is 2.34 bits per heavy atom. The normalized spacial score (nSPS) is 20.4. The highest BCUT2D eigenvalue weighted by Gasteiger charge is 2.33. The molecule has 2 unspecified atom stereocenters. The number of piperazine rings is 1. The number of nitrogens with zero attached hydrogens (tertiary/aromatic N) is 6. The van der Waals surface area contributed by atoms with E-state index >= 15 is 0 Å². The highest BCUT2D eigenvalue weighted by atomic mass is 16.5. The van der Waals surface area contributed by atoms with E-state index in [1.807, 2.05) is 60.4 Å². The summed E-state index contributed by atoms with van der Waals surface area (Å²) >= 11 is 0. The average Bonchev–Trinajstić information content (AvgIpc) is 3.70. The molecule has 2 aromatic heterocycles. The molecule has 1 saturated carbocycles. The molecule has 0 bridgehead atoms. The van der Waals surface area contributed by atoms with Gasteiger partial charge in [-0.2, -0.15) is 0 Å². The second kappa shape index (κ2) is 22.3. The van der Waals surface area contributed by atoms with E-state index in [1.54, 1.807) is 18.1 Å². The molecule has 3 amide bonds. The second-order valence-corrected chi connectivity index (χ2v) is 17.6. The minimum atomic E-state index is -0.256. The Bertz CT molecular complexity index is 2320. The zero-order chi connectivity index (χ0) is 46.8. The van der Waals surface area contributed by atoms with Crippen LogP contribution in [0.25, 0.3) is 16.7 Å². The SMILES string of the molecule is CCc1cn(C2CCC(CN3CCN(C(=O)c4cc(C)c(C5CN(C(/C=C(\N)c6ccccc6)=C(N)N)C(C)CO5)cc4C)CC3)CC2)c2ncc(N(CCC=O)C(=O)NC)cc12.CO. The summed E-state index contributed by atoms with van der Waals surface area (Å²) in [5, 5.41) is 10.7. The molecule has 3 aliphatic rings. The summed E-state index contributed by atoms with van der Waals surface area (Å²) in [7, 11) is 2.59. The number of hydrogen-bond acceptors (Lipinski definition) is 11. The maximum absolute atomic E-state index is 14.0. The summed E-state index contributed by atoms with van der Waals surface area (Å²) in [6.07, 6.45) is 12.0. The van der Waals surface area contributed by atoms with Gasteiger partial charge in [-0.3, -0.25) is 14.6 Å². The van der Waals surface area contributed by atoms with Crippen molar-refractivity contribution in [1.82, 2.24) is 29.6 Å². The van der Waals surface area contributed by atoms with Crippen molar-refractivity contribution in [2.75, 3.05) is 71.5 Å². The minimum absolute atomic E-state index is 0.0267. The van der Waals surface area contributed by atoms with Crippen LogP contribution < -0.4 is 27.4 Å². The molecule has 0 radical (unpaired) electrons. The van der Waals surface area contributed by atoms with E-state index in [2.05, 4.69) is 52.7 Å². The van der Waals surface area contributed by atoms with Gasteiger partial charge in [0, 0.05) is 101 Å². The smallest absolute Gasteiger partial charge is 0.321 e. The topological polar surface area (TPSA) is 202 Å². The fraction of sp³-hybridized carbons (Fsp3) is 0.480. The highest BCUT2D eigenvalue weighted by molar-refractivity contribution is 5.96. The van der Waals surface area contributed by atoms with Gasteiger partial charge in [-0.15, -0.1) is 0 Å². The van der Waals surface area contributed by atoms with Crippen LogP contribution in [0.15, 0.2) is 78.5 Å². The fourth-order valence-corrected chi connectivity index (χ4v) is 9.72. The zero-order valence-electron chi connectivity index (χ0n) is 39.1.